The smallest absolute Gasteiger partial charge is 0.240 e. The van der Waals surface area contributed by atoms with Crippen LogP contribution in [0.1, 0.15) is 32.6 Å². The normalized spacial score (nSPS) is 22.8. The molecule has 7 heteroatoms. The highest BCUT2D eigenvalue weighted by Crippen LogP contribution is 2.18. The van der Waals surface area contributed by atoms with Crippen LogP contribution in [0.25, 0.3) is 0 Å². The third kappa shape index (κ3) is 6.28. The van der Waals surface area contributed by atoms with E-state index in [0.717, 1.165) is 25.6 Å². The lowest BCUT2D eigenvalue weighted by atomic mass is 9.90. The fourth-order valence-corrected chi connectivity index (χ4v) is 2.75. The van der Waals surface area contributed by atoms with Gasteiger partial charge in [0.15, 0.2) is 0 Å². The van der Waals surface area contributed by atoms with Gasteiger partial charge in [-0.25, -0.2) is 0 Å². The van der Waals surface area contributed by atoms with Crippen molar-refractivity contribution in [3.05, 3.63) is 0 Å². The Labute approximate surface area is 140 Å². The third-order valence-corrected chi connectivity index (χ3v) is 4.43. The molecule has 0 atom stereocenters. The van der Waals surface area contributed by atoms with Crippen molar-refractivity contribution in [3.63, 3.8) is 0 Å². The molecule has 0 bridgehead atoms. The summed E-state index contributed by atoms with van der Waals surface area (Å²) < 4.78 is 5.26. The van der Waals surface area contributed by atoms with Crippen molar-refractivity contribution in [2.75, 3.05) is 39.4 Å². The number of carbonyl (C=O) groups excluding carboxylic acids is 1. The number of carbonyl (C=O) groups is 1. The molecule has 0 saturated carbocycles. The molecule has 0 aromatic rings. The fraction of sp³-hybridized carbons (Fsp3) is 0.929. The van der Waals surface area contributed by atoms with Gasteiger partial charge in [-0.3, -0.25) is 4.79 Å². The molecule has 1 amide bonds. The van der Waals surface area contributed by atoms with Crippen LogP contribution in [-0.2, 0) is 9.53 Å². The molecule has 5 nitrogen and oxygen atoms in total. The van der Waals surface area contributed by atoms with E-state index >= 15 is 0 Å². The maximum Gasteiger partial charge on any atom is 0.240 e. The van der Waals surface area contributed by atoms with Crippen LogP contribution in [0, 0.1) is 5.92 Å². The van der Waals surface area contributed by atoms with Crippen molar-refractivity contribution in [1.29, 1.82) is 0 Å². The summed E-state index contributed by atoms with van der Waals surface area (Å²) in [5.74, 6) is 0.835. The number of ether oxygens (including phenoxy) is 1. The Morgan fingerprint density at radius 2 is 1.86 bits per heavy atom. The highest BCUT2D eigenvalue weighted by molar-refractivity contribution is 5.86. The molecule has 126 valence electrons. The van der Waals surface area contributed by atoms with Crippen LogP contribution in [0.5, 0.6) is 0 Å². The molecule has 21 heavy (non-hydrogen) atoms. The Morgan fingerprint density at radius 1 is 1.29 bits per heavy atom. The second-order valence-corrected chi connectivity index (χ2v) is 6.05. The summed E-state index contributed by atoms with van der Waals surface area (Å²) in [5, 5.41) is 2.99. The number of amides is 1. The Hall–Kier alpha value is -0.0700. The van der Waals surface area contributed by atoms with Crippen molar-refractivity contribution in [2.24, 2.45) is 11.7 Å². The van der Waals surface area contributed by atoms with Crippen LogP contribution in [0.2, 0.25) is 0 Å². The molecule has 0 aliphatic carbocycles. The molecule has 2 rings (SSSR count). The molecule has 0 aromatic carbocycles. The first-order valence-electron chi connectivity index (χ1n) is 7.47. The highest BCUT2D eigenvalue weighted by atomic mass is 35.5. The van der Waals surface area contributed by atoms with Crippen molar-refractivity contribution < 1.29 is 9.53 Å². The van der Waals surface area contributed by atoms with E-state index in [9.17, 15) is 4.79 Å². The molecular weight excluding hydrogens is 313 g/mol. The van der Waals surface area contributed by atoms with E-state index in [1.807, 2.05) is 0 Å². The second-order valence-electron chi connectivity index (χ2n) is 6.05. The Morgan fingerprint density at radius 3 is 2.43 bits per heavy atom. The number of halogens is 2. The number of nitrogens with two attached hydrogens (primary N) is 1. The average molecular weight is 342 g/mol. The molecule has 3 N–H and O–H groups in total. The van der Waals surface area contributed by atoms with Crippen LogP contribution in [-0.4, -0.2) is 55.7 Å². The van der Waals surface area contributed by atoms with Gasteiger partial charge >= 0.3 is 0 Å². The molecule has 2 saturated heterocycles. The molecule has 2 heterocycles. The van der Waals surface area contributed by atoms with Crippen LogP contribution in [0.15, 0.2) is 0 Å². The van der Waals surface area contributed by atoms with Gasteiger partial charge in [-0.15, -0.1) is 24.8 Å². The van der Waals surface area contributed by atoms with Crippen molar-refractivity contribution in [3.8, 4) is 0 Å². The summed E-state index contributed by atoms with van der Waals surface area (Å²) in [7, 11) is 0. The quantitative estimate of drug-likeness (QED) is 0.805. The Kier molecular flexibility index (Phi) is 9.81. The number of likely N-dealkylation sites (tertiary alicyclic amines) is 1. The van der Waals surface area contributed by atoms with Crippen LogP contribution in [0.4, 0.5) is 0 Å². The number of nitrogens with zero attached hydrogens (tertiary/aromatic N) is 1. The predicted molar refractivity (Wildman–Crippen MR) is 89.3 cm³/mol. The van der Waals surface area contributed by atoms with Gasteiger partial charge in [-0.05, 0) is 44.7 Å². The van der Waals surface area contributed by atoms with Gasteiger partial charge in [0, 0.05) is 26.3 Å². The lowest BCUT2D eigenvalue weighted by molar-refractivity contribution is -0.129. The minimum Gasteiger partial charge on any atom is -0.381 e. The molecule has 2 aliphatic heterocycles. The van der Waals surface area contributed by atoms with E-state index in [4.69, 9.17) is 10.5 Å². The minimum atomic E-state index is -0.714. The maximum atomic E-state index is 12.1. The van der Waals surface area contributed by atoms with Crippen LogP contribution < -0.4 is 11.1 Å². The summed E-state index contributed by atoms with van der Waals surface area (Å²) in [6.07, 6.45) is 3.79. The summed E-state index contributed by atoms with van der Waals surface area (Å²) >= 11 is 0. The van der Waals surface area contributed by atoms with Gasteiger partial charge in [-0.1, -0.05) is 6.92 Å². The first-order valence-corrected chi connectivity index (χ1v) is 7.47. The van der Waals surface area contributed by atoms with E-state index in [2.05, 4.69) is 17.1 Å². The first-order chi connectivity index (χ1) is 9.10. The number of nitrogens with one attached hydrogen (secondary N) is 1. The number of rotatable bonds is 4. The molecule has 0 unspecified atom stereocenters. The van der Waals surface area contributed by atoms with Crippen molar-refractivity contribution in [2.45, 2.75) is 38.1 Å². The maximum absolute atomic E-state index is 12.1. The highest BCUT2D eigenvalue weighted by Gasteiger charge is 2.35. The SMILES string of the molecule is CC1CCN(CCNC(=O)C2(N)CCOCC2)CC1.Cl.Cl. The molecule has 0 radical (unpaired) electrons. The van der Waals surface area contributed by atoms with E-state index in [1.165, 1.54) is 12.8 Å². The van der Waals surface area contributed by atoms with Crippen molar-refractivity contribution in [1.82, 2.24) is 10.2 Å². The van der Waals surface area contributed by atoms with Gasteiger partial charge in [0.2, 0.25) is 5.91 Å². The van der Waals surface area contributed by atoms with Crippen LogP contribution >= 0.6 is 24.8 Å². The van der Waals surface area contributed by atoms with E-state index in [-0.39, 0.29) is 30.7 Å². The standard InChI is InChI=1S/C14H27N3O2.2ClH/c1-12-2-7-17(8-3-12)9-6-16-13(18)14(15)4-10-19-11-5-14;;/h12H,2-11,15H2,1H3,(H,16,18);2*1H. The second kappa shape index (κ2) is 9.85. The van der Waals surface area contributed by atoms with E-state index in [0.29, 0.717) is 32.6 Å². The van der Waals surface area contributed by atoms with Crippen LogP contribution in [0.3, 0.4) is 0 Å². The monoisotopic (exact) mass is 341 g/mol. The summed E-state index contributed by atoms with van der Waals surface area (Å²) in [5.41, 5.74) is 5.42. The van der Waals surface area contributed by atoms with Gasteiger partial charge < -0.3 is 20.7 Å². The Balaban J connectivity index is 0.00000200. The molecular formula is C14H29Cl2N3O2. The zero-order valence-electron chi connectivity index (χ0n) is 12.8. The lowest BCUT2D eigenvalue weighted by Crippen LogP contribution is -2.57. The summed E-state index contributed by atoms with van der Waals surface area (Å²) in [6, 6.07) is 0. The summed E-state index contributed by atoms with van der Waals surface area (Å²) in [6.45, 7) is 7.43. The lowest BCUT2D eigenvalue weighted by Gasteiger charge is -2.33. The van der Waals surface area contributed by atoms with Gasteiger partial charge in [0.1, 0.15) is 0 Å². The number of hydrogen-bond donors (Lipinski definition) is 2. The molecule has 0 aromatic heterocycles. The van der Waals surface area contributed by atoms with Gasteiger partial charge in [0.05, 0.1) is 5.54 Å². The van der Waals surface area contributed by atoms with Crippen molar-refractivity contribution >= 4 is 30.7 Å². The first kappa shape index (κ1) is 20.9. The number of piperidine rings is 1. The molecule has 0 spiro atoms. The average Bonchev–Trinajstić information content (AvgIpc) is 2.42. The van der Waals surface area contributed by atoms with E-state index in [1.54, 1.807) is 0 Å². The summed E-state index contributed by atoms with van der Waals surface area (Å²) in [4.78, 5) is 14.5. The molecule has 2 fully saturated rings. The number of hydrogen-bond acceptors (Lipinski definition) is 4. The fourth-order valence-electron chi connectivity index (χ4n) is 2.75. The van der Waals surface area contributed by atoms with E-state index < -0.39 is 5.54 Å². The third-order valence-electron chi connectivity index (χ3n) is 4.43. The Bertz CT molecular complexity index is 305. The predicted octanol–water partition coefficient (Wildman–Crippen LogP) is 1.19. The zero-order chi connectivity index (χ0) is 13.7. The minimum absolute atomic E-state index is 0. The van der Waals surface area contributed by atoms with Gasteiger partial charge in [0.25, 0.3) is 0 Å². The zero-order valence-corrected chi connectivity index (χ0v) is 14.4. The topological polar surface area (TPSA) is 67.6 Å². The largest absolute Gasteiger partial charge is 0.381 e. The van der Waals surface area contributed by atoms with Gasteiger partial charge in [-0.2, -0.15) is 0 Å². The molecule has 2 aliphatic rings.